The highest BCUT2D eigenvalue weighted by Gasteiger charge is 2.39. The number of hydrogen-bond donors (Lipinski definition) is 3. The van der Waals surface area contributed by atoms with Crippen LogP contribution in [-0.2, 0) is 15.7 Å². The third-order valence-electron chi connectivity index (χ3n) is 4.64. The van der Waals surface area contributed by atoms with E-state index in [1.807, 2.05) is 36.4 Å². The normalized spacial score (nSPS) is 23.0. The molecule has 1 aliphatic heterocycles. The molecule has 0 radical (unpaired) electrons. The zero-order valence-electron chi connectivity index (χ0n) is 14.2. The summed E-state index contributed by atoms with van der Waals surface area (Å²) in [6.45, 7) is 0.602. The summed E-state index contributed by atoms with van der Waals surface area (Å²) >= 11 is 0. The molecule has 4 atom stereocenters. The average molecular weight is 375 g/mol. The highest BCUT2D eigenvalue weighted by Crippen LogP contribution is 2.33. The molecule has 0 spiro atoms. The van der Waals surface area contributed by atoms with Crippen molar-refractivity contribution in [2.24, 2.45) is 0 Å². The molecule has 0 bridgehead atoms. The summed E-state index contributed by atoms with van der Waals surface area (Å²) < 4.78 is 17.6. The van der Waals surface area contributed by atoms with E-state index >= 15 is 0 Å². The minimum absolute atomic E-state index is 0.173. The van der Waals surface area contributed by atoms with Crippen molar-refractivity contribution in [2.45, 2.75) is 23.9 Å². The molecule has 1 heterocycles. The molecule has 0 aliphatic carbocycles. The van der Waals surface area contributed by atoms with E-state index in [0.29, 0.717) is 6.54 Å². The first kappa shape index (κ1) is 18.8. The van der Waals surface area contributed by atoms with Crippen molar-refractivity contribution >= 4 is 14.4 Å². The van der Waals surface area contributed by atoms with Gasteiger partial charge in [0.05, 0.1) is 26.7 Å². The Bertz CT molecular complexity index is 777. The Balaban J connectivity index is 1.68. The zero-order chi connectivity index (χ0) is 18.6. The molecule has 26 heavy (non-hydrogen) atoms. The molecule has 0 saturated carbocycles. The summed E-state index contributed by atoms with van der Waals surface area (Å²) in [7, 11) is -1.46. The lowest BCUT2D eigenvalue weighted by molar-refractivity contribution is -0.0853. The Kier molecular flexibility index (Phi) is 5.89. The van der Waals surface area contributed by atoms with Crippen LogP contribution in [-0.4, -0.2) is 40.8 Å². The molecule has 0 aromatic heterocycles. The number of carbonyl (C=O) groups is 1. The Morgan fingerprint density at radius 2 is 2.00 bits per heavy atom. The Morgan fingerprint density at radius 1 is 1.23 bits per heavy atom. The number of benzene rings is 2. The van der Waals surface area contributed by atoms with Gasteiger partial charge >= 0.3 is 5.97 Å². The van der Waals surface area contributed by atoms with Crippen LogP contribution in [0, 0.1) is 0 Å². The second-order valence-corrected chi connectivity index (χ2v) is 7.72. The zero-order valence-corrected chi connectivity index (χ0v) is 15.3. The van der Waals surface area contributed by atoms with Crippen LogP contribution < -0.4 is 5.32 Å². The monoisotopic (exact) mass is 375 g/mol. The van der Waals surface area contributed by atoms with Crippen LogP contribution in [0.3, 0.4) is 0 Å². The van der Waals surface area contributed by atoms with Crippen molar-refractivity contribution < 1.29 is 24.3 Å². The fourth-order valence-corrected chi connectivity index (χ4v) is 3.84. The Morgan fingerprint density at radius 3 is 2.62 bits per heavy atom. The number of aliphatic hydroxyl groups is 1. The molecule has 2 aromatic rings. The number of carboxylic acids is 1. The van der Waals surface area contributed by atoms with E-state index in [4.69, 9.17) is 9.84 Å². The standard InChI is InChI=1S/C19H22NO5P/c21-18(22)15-8-4-7-14(9-15)16-12-25-17(11-20-16)19(23,26-24)10-13-5-2-1-3-6-13/h1-9,16-17,20,23H,10-12,26H2,(H,21,22)/t16-,17+,19?/m0/s1. The molecule has 7 heteroatoms. The van der Waals surface area contributed by atoms with Crippen molar-refractivity contribution in [3.05, 3.63) is 71.3 Å². The molecule has 0 amide bonds. The molecule has 3 rings (SSSR count). The lowest BCUT2D eigenvalue weighted by atomic mass is 9.99. The maximum Gasteiger partial charge on any atom is 0.335 e. The van der Waals surface area contributed by atoms with Gasteiger partial charge in [0.15, 0.2) is 0 Å². The molecular weight excluding hydrogens is 353 g/mol. The highest BCUT2D eigenvalue weighted by atomic mass is 31.1. The molecule has 6 nitrogen and oxygen atoms in total. The SMILES string of the molecule is O=[PH2]C(O)(Cc1ccccc1)[C@H]1CN[C@H](c2cccc(C(=O)O)c2)CO1. The van der Waals surface area contributed by atoms with Gasteiger partial charge in [0.1, 0.15) is 11.4 Å². The van der Waals surface area contributed by atoms with Crippen LogP contribution in [0.15, 0.2) is 54.6 Å². The third kappa shape index (κ3) is 4.22. The highest BCUT2D eigenvalue weighted by molar-refractivity contribution is 7.25. The maximum absolute atomic E-state index is 11.8. The first-order chi connectivity index (χ1) is 12.5. The summed E-state index contributed by atoms with van der Waals surface area (Å²) in [4.78, 5) is 11.1. The smallest absolute Gasteiger partial charge is 0.335 e. The number of hydrogen-bond acceptors (Lipinski definition) is 5. The first-order valence-electron chi connectivity index (χ1n) is 8.43. The van der Waals surface area contributed by atoms with Gasteiger partial charge in [0.2, 0.25) is 0 Å². The summed E-state index contributed by atoms with van der Waals surface area (Å²) in [5, 5.41) is 21.8. The van der Waals surface area contributed by atoms with Gasteiger partial charge in [0.25, 0.3) is 0 Å². The van der Waals surface area contributed by atoms with Crippen molar-refractivity contribution in [1.82, 2.24) is 5.32 Å². The number of nitrogens with one attached hydrogen (secondary N) is 1. The van der Waals surface area contributed by atoms with Crippen molar-refractivity contribution in [2.75, 3.05) is 13.2 Å². The van der Waals surface area contributed by atoms with E-state index < -0.39 is 25.9 Å². The van der Waals surface area contributed by atoms with Crippen LogP contribution >= 0.6 is 8.46 Å². The number of ether oxygens (including phenoxy) is 1. The van der Waals surface area contributed by atoms with Crippen LogP contribution in [0.5, 0.6) is 0 Å². The number of carboxylic acid groups (broad SMARTS) is 1. The molecule has 1 fully saturated rings. The van der Waals surface area contributed by atoms with Gasteiger partial charge in [-0.1, -0.05) is 42.5 Å². The fraction of sp³-hybridized carbons (Fsp3) is 0.316. The summed E-state index contributed by atoms with van der Waals surface area (Å²) in [6, 6.07) is 15.9. The molecule has 2 unspecified atom stereocenters. The Hall–Kier alpha value is -1.98. The van der Waals surface area contributed by atoms with E-state index in [9.17, 15) is 14.5 Å². The summed E-state index contributed by atoms with van der Waals surface area (Å²) in [5.41, 5.74) is 1.93. The summed E-state index contributed by atoms with van der Waals surface area (Å²) in [6.07, 6.45) is -0.327. The lowest BCUT2D eigenvalue weighted by Gasteiger charge is -2.38. The lowest BCUT2D eigenvalue weighted by Crippen LogP contribution is -2.52. The second kappa shape index (κ2) is 8.14. The number of morpholine rings is 1. The topological polar surface area (TPSA) is 95.9 Å². The minimum Gasteiger partial charge on any atom is -0.478 e. The van der Waals surface area contributed by atoms with E-state index in [2.05, 4.69) is 5.32 Å². The average Bonchev–Trinajstić information content (AvgIpc) is 2.69. The van der Waals surface area contributed by atoms with Gasteiger partial charge in [-0.3, -0.25) is 0 Å². The van der Waals surface area contributed by atoms with E-state index in [1.54, 1.807) is 12.1 Å². The van der Waals surface area contributed by atoms with E-state index in [-0.39, 0.29) is 24.6 Å². The number of aromatic carboxylic acids is 1. The van der Waals surface area contributed by atoms with Crippen LogP contribution in [0.4, 0.5) is 0 Å². The van der Waals surface area contributed by atoms with Crippen LogP contribution in [0.25, 0.3) is 0 Å². The van der Waals surface area contributed by atoms with E-state index in [0.717, 1.165) is 11.1 Å². The molecule has 138 valence electrons. The van der Waals surface area contributed by atoms with Gasteiger partial charge in [-0.25, -0.2) is 4.79 Å². The second-order valence-electron chi connectivity index (χ2n) is 6.48. The largest absolute Gasteiger partial charge is 0.478 e. The third-order valence-corrected chi connectivity index (χ3v) is 5.63. The van der Waals surface area contributed by atoms with Crippen LogP contribution in [0.1, 0.15) is 27.5 Å². The van der Waals surface area contributed by atoms with Crippen molar-refractivity contribution in [3.8, 4) is 0 Å². The Labute approximate surface area is 153 Å². The molecule has 1 aliphatic rings. The predicted molar refractivity (Wildman–Crippen MR) is 99.4 cm³/mol. The fourth-order valence-electron chi connectivity index (χ4n) is 3.16. The van der Waals surface area contributed by atoms with Gasteiger partial charge in [-0.05, 0) is 23.3 Å². The van der Waals surface area contributed by atoms with Crippen molar-refractivity contribution in [3.63, 3.8) is 0 Å². The maximum atomic E-state index is 11.8. The summed E-state index contributed by atoms with van der Waals surface area (Å²) in [5.74, 6) is -0.978. The molecule has 1 saturated heterocycles. The predicted octanol–water partition coefficient (Wildman–Crippen LogP) is 2.10. The minimum atomic E-state index is -1.46. The first-order valence-corrected chi connectivity index (χ1v) is 9.47. The van der Waals surface area contributed by atoms with E-state index in [1.165, 1.54) is 6.07 Å². The van der Waals surface area contributed by atoms with Gasteiger partial charge in [-0.2, -0.15) is 0 Å². The molecular formula is C19H22NO5P. The van der Waals surface area contributed by atoms with Crippen molar-refractivity contribution in [1.29, 1.82) is 0 Å². The molecule has 3 N–H and O–H groups in total. The molecule has 2 aromatic carbocycles. The van der Waals surface area contributed by atoms with Gasteiger partial charge in [0, 0.05) is 13.0 Å². The number of rotatable bonds is 6. The quantitative estimate of drug-likeness (QED) is 0.670. The van der Waals surface area contributed by atoms with Gasteiger partial charge < -0.3 is 24.8 Å². The van der Waals surface area contributed by atoms with Crippen LogP contribution in [0.2, 0.25) is 0 Å². The van der Waals surface area contributed by atoms with Gasteiger partial charge in [-0.15, -0.1) is 0 Å².